The molecule has 2 aromatic heterocycles. The minimum atomic E-state index is 0. The zero-order valence-corrected chi connectivity index (χ0v) is 7.33. The summed E-state index contributed by atoms with van der Waals surface area (Å²) in [5.41, 5.74) is 1.90. The molecule has 0 aliphatic heterocycles. The molecule has 0 fully saturated rings. The van der Waals surface area contributed by atoms with Gasteiger partial charge in [0.25, 0.3) is 0 Å². The van der Waals surface area contributed by atoms with Gasteiger partial charge in [0.2, 0.25) is 0 Å². The van der Waals surface area contributed by atoms with Crippen LogP contribution in [0.3, 0.4) is 0 Å². The minimum absolute atomic E-state index is 0. The first-order chi connectivity index (χ1) is 4.97. The summed E-state index contributed by atoms with van der Waals surface area (Å²) in [6, 6.07) is 7.66. The first kappa shape index (κ1) is 8.28. The van der Waals surface area contributed by atoms with Gasteiger partial charge in [-0.3, -0.25) is 9.97 Å². The maximum absolute atomic E-state index is 4.12. The fraction of sp³-hybridized carbons (Fsp3) is 0. The number of nitrogens with zero attached hydrogens (tertiary/aromatic N) is 2. The van der Waals surface area contributed by atoms with E-state index in [-0.39, 0.29) is 19.5 Å². The van der Waals surface area contributed by atoms with E-state index in [4.69, 9.17) is 0 Å². The molecule has 3 heteroatoms. The van der Waals surface area contributed by atoms with Crippen LogP contribution >= 0.6 is 0 Å². The number of rotatable bonds is 0. The fourth-order valence-electron chi connectivity index (χ4n) is 0.904. The van der Waals surface area contributed by atoms with Crippen molar-refractivity contribution >= 4 is 11.0 Å². The second-order valence-corrected chi connectivity index (χ2v) is 2.05. The Kier molecular flexibility index (Phi) is 2.66. The van der Waals surface area contributed by atoms with Crippen molar-refractivity contribution in [2.75, 3.05) is 0 Å². The van der Waals surface area contributed by atoms with Gasteiger partial charge >= 0.3 is 0 Å². The molecule has 0 bridgehead atoms. The summed E-state index contributed by atoms with van der Waals surface area (Å²) in [5, 5.41) is 0. The van der Waals surface area contributed by atoms with Gasteiger partial charge in [-0.25, -0.2) is 0 Å². The molecule has 2 rings (SSSR count). The molecule has 2 aromatic rings. The molecule has 0 saturated carbocycles. The second kappa shape index (κ2) is 3.54. The largest absolute Gasteiger partial charge is 0.255 e. The third kappa shape index (κ3) is 1.60. The third-order valence-electron chi connectivity index (χ3n) is 1.37. The summed E-state index contributed by atoms with van der Waals surface area (Å²) in [6.07, 6.45) is 3.54. The molecule has 57 valence electrons. The van der Waals surface area contributed by atoms with Crippen LogP contribution in [-0.2, 0) is 19.5 Å². The van der Waals surface area contributed by atoms with Crippen LogP contribution in [0.2, 0.25) is 0 Å². The second-order valence-electron chi connectivity index (χ2n) is 2.05. The van der Waals surface area contributed by atoms with Crippen molar-refractivity contribution in [3.8, 4) is 0 Å². The molecule has 0 N–H and O–H groups in total. The Morgan fingerprint density at radius 3 is 1.73 bits per heavy atom. The van der Waals surface area contributed by atoms with Crippen LogP contribution in [0.1, 0.15) is 0 Å². The van der Waals surface area contributed by atoms with Gasteiger partial charge in [0, 0.05) is 31.9 Å². The Hall–Kier alpha value is -0.817. The Balaban J connectivity index is 0.000000605. The third-order valence-corrected chi connectivity index (χ3v) is 1.37. The zero-order chi connectivity index (χ0) is 6.81. The predicted molar refractivity (Wildman–Crippen MR) is 39.5 cm³/mol. The number of hydrogen-bond acceptors (Lipinski definition) is 2. The van der Waals surface area contributed by atoms with E-state index in [1.807, 2.05) is 24.3 Å². The standard InChI is InChI=1S/C8H6N2.Rh/c1-3-7-8(9-5-1)4-2-6-10-7;/h1-6H;. The summed E-state index contributed by atoms with van der Waals surface area (Å²) < 4.78 is 0. The summed E-state index contributed by atoms with van der Waals surface area (Å²) >= 11 is 0. The SMILES string of the molecule is [Rh].c1cnc2cccnc2c1. The summed E-state index contributed by atoms with van der Waals surface area (Å²) in [7, 11) is 0. The van der Waals surface area contributed by atoms with Gasteiger partial charge in [-0.2, -0.15) is 0 Å². The van der Waals surface area contributed by atoms with E-state index in [0.717, 1.165) is 11.0 Å². The van der Waals surface area contributed by atoms with Crippen molar-refractivity contribution in [2.24, 2.45) is 0 Å². The predicted octanol–water partition coefficient (Wildman–Crippen LogP) is 1.63. The maximum Gasteiger partial charge on any atom is 0.0886 e. The minimum Gasteiger partial charge on any atom is -0.255 e. The number of hydrogen-bond donors (Lipinski definition) is 0. The van der Waals surface area contributed by atoms with Gasteiger partial charge in [-0.05, 0) is 24.3 Å². The van der Waals surface area contributed by atoms with Crippen LogP contribution in [0, 0.1) is 0 Å². The van der Waals surface area contributed by atoms with E-state index in [2.05, 4.69) is 9.97 Å². The van der Waals surface area contributed by atoms with E-state index in [1.165, 1.54) is 0 Å². The zero-order valence-electron chi connectivity index (χ0n) is 5.69. The van der Waals surface area contributed by atoms with Crippen LogP contribution in [0.25, 0.3) is 11.0 Å². The van der Waals surface area contributed by atoms with Crippen LogP contribution in [0.4, 0.5) is 0 Å². The van der Waals surface area contributed by atoms with Gasteiger partial charge in [0.1, 0.15) is 0 Å². The average Bonchev–Trinajstić information content (AvgIpc) is 2.05. The molecule has 0 aliphatic carbocycles. The Morgan fingerprint density at radius 1 is 0.818 bits per heavy atom. The Labute approximate surface area is 77.4 Å². The van der Waals surface area contributed by atoms with E-state index < -0.39 is 0 Å². The Morgan fingerprint density at radius 2 is 1.27 bits per heavy atom. The molecule has 0 saturated heterocycles. The number of fused-ring (bicyclic) bond motifs is 1. The first-order valence-electron chi connectivity index (χ1n) is 3.12. The van der Waals surface area contributed by atoms with Crippen molar-refractivity contribution in [2.45, 2.75) is 0 Å². The normalized spacial score (nSPS) is 9.09. The smallest absolute Gasteiger partial charge is 0.0886 e. The molecule has 0 spiro atoms. The van der Waals surface area contributed by atoms with Gasteiger partial charge in [0.15, 0.2) is 0 Å². The molecule has 11 heavy (non-hydrogen) atoms. The van der Waals surface area contributed by atoms with E-state index in [0.29, 0.717) is 0 Å². The molecule has 0 atom stereocenters. The van der Waals surface area contributed by atoms with Gasteiger partial charge in [-0.1, -0.05) is 0 Å². The maximum atomic E-state index is 4.12. The molecular formula is C8H6N2Rh. The molecule has 0 unspecified atom stereocenters. The van der Waals surface area contributed by atoms with Crippen molar-refractivity contribution in [1.82, 2.24) is 9.97 Å². The first-order valence-corrected chi connectivity index (χ1v) is 3.12. The molecule has 0 aromatic carbocycles. The van der Waals surface area contributed by atoms with Crippen LogP contribution < -0.4 is 0 Å². The van der Waals surface area contributed by atoms with E-state index in [9.17, 15) is 0 Å². The number of pyridine rings is 2. The fourth-order valence-corrected chi connectivity index (χ4v) is 0.904. The van der Waals surface area contributed by atoms with Gasteiger partial charge in [0.05, 0.1) is 11.0 Å². The molecule has 0 amide bonds. The quantitative estimate of drug-likeness (QED) is 0.646. The van der Waals surface area contributed by atoms with Crippen molar-refractivity contribution in [1.29, 1.82) is 0 Å². The van der Waals surface area contributed by atoms with Gasteiger partial charge < -0.3 is 0 Å². The summed E-state index contributed by atoms with van der Waals surface area (Å²) in [5.74, 6) is 0. The average molecular weight is 233 g/mol. The van der Waals surface area contributed by atoms with E-state index >= 15 is 0 Å². The van der Waals surface area contributed by atoms with Crippen LogP contribution in [-0.4, -0.2) is 9.97 Å². The van der Waals surface area contributed by atoms with Crippen LogP contribution in [0.5, 0.6) is 0 Å². The van der Waals surface area contributed by atoms with Gasteiger partial charge in [-0.15, -0.1) is 0 Å². The van der Waals surface area contributed by atoms with E-state index in [1.54, 1.807) is 12.4 Å². The molecule has 1 radical (unpaired) electrons. The molecule has 0 aliphatic rings. The molecule has 2 nitrogen and oxygen atoms in total. The molecule has 2 heterocycles. The molecular weight excluding hydrogens is 227 g/mol. The monoisotopic (exact) mass is 233 g/mol. The topological polar surface area (TPSA) is 25.8 Å². The van der Waals surface area contributed by atoms with Crippen molar-refractivity contribution < 1.29 is 19.5 Å². The summed E-state index contributed by atoms with van der Waals surface area (Å²) in [4.78, 5) is 8.24. The van der Waals surface area contributed by atoms with Crippen molar-refractivity contribution in [3.63, 3.8) is 0 Å². The Bertz CT molecular complexity index is 283. The van der Waals surface area contributed by atoms with Crippen LogP contribution in [0.15, 0.2) is 36.7 Å². The van der Waals surface area contributed by atoms with Crippen molar-refractivity contribution in [3.05, 3.63) is 36.7 Å². The summed E-state index contributed by atoms with van der Waals surface area (Å²) in [6.45, 7) is 0. The number of aromatic nitrogens is 2.